The van der Waals surface area contributed by atoms with Gasteiger partial charge >= 0.3 is 6.03 Å². The summed E-state index contributed by atoms with van der Waals surface area (Å²) in [5.74, 6) is 2.22. The minimum Gasteiger partial charge on any atom is -0.484 e. The van der Waals surface area contributed by atoms with E-state index in [1.807, 2.05) is 65.2 Å². The summed E-state index contributed by atoms with van der Waals surface area (Å²) in [6.45, 7) is 12.0. The Morgan fingerprint density at radius 2 is 1.72 bits per heavy atom. The average Bonchev–Trinajstić information content (AvgIpc) is 3.68. The van der Waals surface area contributed by atoms with Gasteiger partial charge in [-0.25, -0.2) is 9.48 Å². The highest BCUT2D eigenvalue weighted by molar-refractivity contribution is 5.89. The van der Waals surface area contributed by atoms with Crippen LogP contribution in [0.2, 0.25) is 0 Å². The quantitative estimate of drug-likeness (QED) is 0.223. The van der Waals surface area contributed by atoms with Crippen LogP contribution in [0.15, 0.2) is 72.9 Å². The van der Waals surface area contributed by atoms with Crippen LogP contribution in [0.1, 0.15) is 68.1 Å². The van der Waals surface area contributed by atoms with Crippen molar-refractivity contribution in [2.45, 2.75) is 58.1 Å². The largest absolute Gasteiger partial charge is 0.484 e. The lowest BCUT2D eigenvalue weighted by atomic mass is 9.85. The number of nitrogens with one attached hydrogen (secondary N) is 3. The number of nitrogens with zero attached hydrogens (tertiary/aromatic N) is 6. The van der Waals surface area contributed by atoms with Gasteiger partial charge in [-0.3, -0.25) is 9.72 Å². The highest BCUT2D eigenvalue weighted by Crippen LogP contribution is 2.39. The first kappa shape index (κ1) is 29.8. The number of ether oxygens (including phenoxy) is 1. The van der Waals surface area contributed by atoms with Crippen molar-refractivity contribution in [3.8, 4) is 11.4 Å². The molecule has 1 aliphatic heterocycles. The molecule has 0 saturated carbocycles. The summed E-state index contributed by atoms with van der Waals surface area (Å²) in [6.07, 6.45) is 3.32. The van der Waals surface area contributed by atoms with Crippen molar-refractivity contribution >= 4 is 23.4 Å². The van der Waals surface area contributed by atoms with Gasteiger partial charge in [-0.1, -0.05) is 62.7 Å². The highest BCUT2D eigenvalue weighted by Gasteiger charge is 2.30. The number of pyridine rings is 1. The van der Waals surface area contributed by atoms with E-state index >= 15 is 0 Å². The highest BCUT2D eigenvalue weighted by atomic mass is 16.5. The summed E-state index contributed by atoms with van der Waals surface area (Å²) in [6, 6.07) is 21.8. The zero-order valence-corrected chi connectivity index (χ0v) is 26.8. The summed E-state index contributed by atoms with van der Waals surface area (Å²) < 4.78 is 10.4. The molecule has 0 spiro atoms. The van der Waals surface area contributed by atoms with Crippen LogP contribution in [0, 0.1) is 6.92 Å². The number of anilines is 2. The Labute approximate surface area is 269 Å². The van der Waals surface area contributed by atoms with Crippen molar-refractivity contribution in [1.82, 2.24) is 35.0 Å². The third-order valence-electron chi connectivity index (χ3n) is 8.77. The van der Waals surface area contributed by atoms with Crippen LogP contribution in [0.5, 0.6) is 5.75 Å². The SMILES string of the molecule is Cc1ccc(-n2nc(C(C)(C)C)cc2NC(=O)N[C@H]2CC[C@@H](Oc3ccc4nnc(N5CCNCC5)n4c3)c3ccccc32)cc1. The number of hydrogen-bond acceptors (Lipinski definition) is 7. The van der Waals surface area contributed by atoms with E-state index in [2.05, 4.69) is 70.9 Å². The molecule has 0 radical (unpaired) electrons. The number of fused-ring (bicyclic) bond motifs is 2. The fourth-order valence-corrected chi connectivity index (χ4v) is 6.23. The average molecular weight is 620 g/mol. The minimum atomic E-state index is -0.272. The summed E-state index contributed by atoms with van der Waals surface area (Å²) in [5.41, 5.74) is 5.70. The normalized spacial score (nSPS) is 18.3. The summed E-state index contributed by atoms with van der Waals surface area (Å²) in [5, 5.41) is 23.4. The van der Waals surface area contributed by atoms with Gasteiger partial charge in [0.05, 0.1) is 23.6 Å². The van der Waals surface area contributed by atoms with Gasteiger partial charge in [-0.05, 0) is 55.2 Å². The third-order valence-corrected chi connectivity index (χ3v) is 8.77. The van der Waals surface area contributed by atoms with E-state index in [1.165, 1.54) is 0 Å². The minimum absolute atomic E-state index is 0.147. The molecule has 3 aromatic heterocycles. The number of aryl methyl sites for hydroxylation is 1. The Bertz CT molecular complexity index is 1850. The molecule has 7 rings (SSSR count). The van der Waals surface area contributed by atoms with Crippen molar-refractivity contribution in [3.63, 3.8) is 0 Å². The fraction of sp³-hybridized carbons (Fsp3) is 0.371. The van der Waals surface area contributed by atoms with Gasteiger partial charge in [0.15, 0.2) is 5.65 Å². The molecule has 11 heteroatoms. The van der Waals surface area contributed by atoms with Gasteiger partial charge in [0.1, 0.15) is 17.7 Å². The molecule has 0 bridgehead atoms. The lowest BCUT2D eigenvalue weighted by Crippen LogP contribution is -2.44. The number of hydrogen-bond donors (Lipinski definition) is 3. The number of urea groups is 1. The summed E-state index contributed by atoms with van der Waals surface area (Å²) in [7, 11) is 0. The van der Waals surface area contributed by atoms with Gasteiger partial charge in [-0.2, -0.15) is 5.10 Å². The maximum Gasteiger partial charge on any atom is 0.320 e. The second-order valence-corrected chi connectivity index (χ2v) is 13.2. The van der Waals surface area contributed by atoms with E-state index in [-0.39, 0.29) is 23.6 Å². The summed E-state index contributed by atoms with van der Waals surface area (Å²) in [4.78, 5) is 15.7. The number of carbonyl (C=O) groups excluding carboxylic acids is 1. The van der Waals surface area contributed by atoms with Crippen molar-refractivity contribution in [2.24, 2.45) is 0 Å². The number of rotatable bonds is 6. The van der Waals surface area contributed by atoms with Gasteiger partial charge < -0.3 is 20.3 Å². The molecule has 1 saturated heterocycles. The topological polar surface area (TPSA) is 114 Å². The van der Waals surface area contributed by atoms with Crippen LogP contribution in [0.25, 0.3) is 11.3 Å². The molecule has 11 nitrogen and oxygen atoms in total. The van der Waals surface area contributed by atoms with Crippen LogP contribution in [-0.4, -0.2) is 56.6 Å². The van der Waals surface area contributed by atoms with Crippen LogP contribution in [0.4, 0.5) is 16.6 Å². The molecular weight excluding hydrogens is 578 g/mol. The molecule has 1 fully saturated rings. The van der Waals surface area contributed by atoms with E-state index in [0.29, 0.717) is 5.82 Å². The van der Waals surface area contributed by atoms with Gasteiger partial charge in [-0.15, -0.1) is 10.2 Å². The Kier molecular flexibility index (Phi) is 7.85. The zero-order chi connectivity index (χ0) is 31.8. The van der Waals surface area contributed by atoms with E-state index in [1.54, 1.807) is 4.68 Å². The molecule has 5 aromatic rings. The van der Waals surface area contributed by atoms with Crippen LogP contribution in [-0.2, 0) is 5.41 Å². The third kappa shape index (κ3) is 6.02. The van der Waals surface area contributed by atoms with Crippen LogP contribution >= 0.6 is 0 Å². The second kappa shape index (κ2) is 12.1. The van der Waals surface area contributed by atoms with E-state index < -0.39 is 0 Å². The number of piperazine rings is 1. The Hall–Kier alpha value is -4.90. The zero-order valence-electron chi connectivity index (χ0n) is 26.8. The number of aromatic nitrogens is 5. The number of benzene rings is 2. The molecule has 1 aliphatic carbocycles. The van der Waals surface area contributed by atoms with Crippen LogP contribution < -0.4 is 25.6 Å². The predicted octanol–water partition coefficient (Wildman–Crippen LogP) is 5.71. The van der Waals surface area contributed by atoms with Crippen LogP contribution in [0.3, 0.4) is 0 Å². The first-order valence-corrected chi connectivity index (χ1v) is 16.0. The lowest BCUT2D eigenvalue weighted by molar-refractivity contribution is 0.171. The molecule has 2 atom stereocenters. The van der Waals surface area contributed by atoms with Crippen molar-refractivity contribution in [1.29, 1.82) is 0 Å². The van der Waals surface area contributed by atoms with Crippen molar-refractivity contribution < 1.29 is 9.53 Å². The summed E-state index contributed by atoms with van der Waals surface area (Å²) >= 11 is 0. The van der Waals surface area contributed by atoms with Gasteiger partial charge in [0.2, 0.25) is 5.95 Å². The first-order chi connectivity index (χ1) is 22.2. The monoisotopic (exact) mass is 619 g/mol. The van der Waals surface area contributed by atoms with E-state index in [0.717, 1.165) is 84.4 Å². The predicted molar refractivity (Wildman–Crippen MR) is 179 cm³/mol. The molecule has 238 valence electrons. The molecule has 0 unspecified atom stereocenters. The molecule has 3 N–H and O–H groups in total. The van der Waals surface area contributed by atoms with E-state index in [9.17, 15) is 4.79 Å². The molecule has 2 aliphatic rings. The lowest BCUT2D eigenvalue weighted by Gasteiger charge is -2.32. The molecule has 4 heterocycles. The molecule has 2 aromatic carbocycles. The maximum absolute atomic E-state index is 13.5. The molecule has 46 heavy (non-hydrogen) atoms. The number of amides is 2. The van der Waals surface area contributed by atoms with Gasteiger partial charge in [0, 0.05) is 37.7 Å². The molecular formula is C35H41N9O2. The molecule has 2 amide bonds. The fourth-order valence-electron chi connectivity index (χ4n) is 6.23. The standard InChI is InChI=1S/C35H41N9O2/c1-23-9-11-24(12-10-23)44-32(21-30(41-44)35(2,3)4)38-33(45)37-28-14-15-29(27-8-6-5-7-26(27)28)46-25-13-16-31-39-40-34(43(31)22-25)42-19-17-36-18-20-42/h5-13,16,21-22,28-29,36H,14-15,17-20H2,1-4H3,(H2,37,38,45)/t28-,29+/m0/s1. The second-order valence-electron chi connectivity index (χ2n) is 13.2. The van der Waals surface area contributed by atoms with E-state index in [4.69, 9.17) is 9.84 Å². The van der Waals surface area contributed by atoms with Crippen molar-refractivity contribution in [3.05, 3.63) is 95.3 Å². The van der Waals surface area contributed by atoms with Gasteiger partial charge in [0.25, 0.3) is 0 Å². The Morgan fingerprint density at radius 1 is 0.957 bits per heavy atom. The maximum atomic E-state index is 13.5. The smallest absolute Gasteiger partial charge is 0.320 e. The Balaban J connectivity index is 1.09. The van der Waals surface area contributed by atoms with Crippen molar-refractivity contribution in [2.75, 3.05) is 36.4 Å². The number of carbonyl (C=O) groups is 1. The Morgan fingerprint density at radius 3 is 2.48 bits per heavy atom. The first-order valence-electron chi connectivity index (χ1n) is 16.0.